The van der Waals surface area contributed by atoms with Gasteiger partial charge in [0.1, 0.15) is 0 Å². The summed E-state index contributed by atoms with van der Waals surface area (Å²) in [5.41, 5.74) is 5.87. The summed E-state index contributed by atoms with van der Waals surface area (Å²) in [4.78, 5) is 23.0. The predicted octanol–water partition coefficient (Wildman–Crippen LogP) is 0.675. The third-order valence-electron chi connectivity index (χ3n) is 3.15. The Balaban J connectivity index is 0.00000200. The van der Waals surface area contributed by atoms with Crippen molar-refractivity contribution in [2.24, 2.45) is 11.7 Å². The number of amides is 2. The summed E-state index contributed by atoms with van der Waals surface area (Å²) in [6.45, 7) is 0.791. The van der Waals surface area contributed by atoms with E-state index in [1.807, 2.05) is 0 Å². The average molecular weight is 302 g/mol. The topological polar surface area (TPSA) is 97.4 Å². The first-order valence-corrected chi connectivity index (χ1v) is 6.51. The molecule has 1 saturated carbocycles. The Morgan fingerprint density at radius 2 is 2.15 bits per heavy atom. The molecule has 1 aliphatic rings. The van der Waals surface area contributed by atoms with E-state index in [1.54, 1.807) is 12.1 Å². The summed E-state index contributed by atoms with van der Waals surface area (Å²) in [6, 6.07) is 3.27. The zero-order valence-corrected chi connectivity index (χ0v) is 11.9. The van der Waals surface area contributed by atoms with Crippen LogP contribution in [0.3, 0.4) is 0 Å². The van der Waals surface area contributed by atoms with Gasteiger partial charge in [-0.3, -0.25) is 9.59 Å². The Labute approximate surface area is 123 Å². The van der Waals surface area contributed by atoms with E-state index in [-0.39, 0.29) is 49.0 Å². The second-order valence-electron chi connectivity index (χ2n) is 4.79. The van der Waals surface area contributed by atoms with Gasteiger partial charge >= 0.3 is 0 Å². The molecule has 20 heavy (non-hydrogen) atoms. The van der Waals surface area contributed by atoms with Crippen LogP contribution in [0, 0.1) is 5.92 Å². The standard InChI is InChI=1S/C13H19N3O3.ClH/c14-10(9-3-4-9)8-16-12(17)5-6-15-13(18)11-2-1-7-19-11;/h1-2,7,9-10H,3-6,8,14H2,(H,15,18)(H,16,17);1H. The van der Waals surface area contributed by atoms with Gasteiger partial charge in [-0.05, 0) is 30.9 Å². The van der Waals surface area contributed by atoms with Crippen LogP contribution in [0.1, 0.15) is 29.8 Å². The lowest BCUT2D eigenvalue weighted by molar-refractivity contribution is -0.121. The molecular weight excluding hydrogens is 282 g/mol. The van der Waals surface area contributed by atoms with Gasteiger partial charge in [0.05, 0.1) is 6.26 Å². The molecule has 1 aliphatic carbocycles. The van der Waals surface area contributed by atoms with Crippen molar-refractivity contribution >= 4 is 24.2 Å². The molecule has 2 amide bonds. The smallest absolute Gasteiger partial charge is 0.286 e. The fourth-order valence-electron chi connectivity index (χ4n) is 1.80. The van der Waals surface area contributed by atoms with Gasteiger partial charge in [-0.25, -0.2) is 0 Å². The van der Waals surface area contributed by atoms with E-state index >= 15 is 0 Å². The molecule has 0 aromatic carbocycles. The first-order valence-electron chi connectivity index (χ1n) is 6.51. The van der Waals surface area contributed by atoms with Crippen molar-refractivity contribution < 1.29 is 14.0 Å². The van der Waals surface area contributed by atoms with Gasteiger partial charge in [-0.2, -0.15) is 0 Å². The quantitative estimate of drug-likeness (QED) is 0.689. The maximum atomic E-state index is 11.5. The molecule has 1 unspecified atom stereocenters. The molecule has 6 nitrogen and oxygen atoms in total. The van der Waals surface area contributed by atoms with Crippen LogP contribution < -0.4 is 16.4 Å². The summed E-state index contributed by atoms with van der Waals surface area (Å²) in [5.74, 6) is 0.401. The van der Waals surface area contributed by atoms with Gasteiger partial charge in [0.25, 0.3) is 5.91 Å². The number of carbonyl (C=O) groups excluding carboxylic acids is 2. The fourth-order valence-corrected chi connectivity index (χ4v) is 1.80. The zero-order chi connectivity index (χ0) is 13.7. The normalized spacial score (nSPS) is 15.1. The molecule has 0 radical (unpaired) electrons. The number of furan rings is 1. The van der Waals surface area contributed by atoms with Crippen LogP contribution in [0.2, 0.25) is 0 Å². The van der Waals surface area contributed by atoms with E-state index in [2.05, 4.69) is 10.6 Å². The van der Waals surface area contributed by atoms with Crippen molar-refractivity contribution in [3.8, 4) is 0 Å². The third kappa shape index (κ3) is 5.22. The molecule has 1 aromatic rings. The van der Waals surface area contributed by atoms with Gasteiger partial charge in [0.2, 0.25) is 5.91 Å². The van der Waals surface area contributed by atoms with Crippen LogP contribution in [0.15, 0.2) is 22.8 Å². The molecule has 1 heterocycles. The molecule has 0 spiro atoms. The van der Waals surface area contributed by atoms with E-state index in [0.717, 1.165) is 12.8 Å². The molecule has 1 atom stereocenters. The van der Waals surface area contributed by atoms with Gasteiger partial charge < -0.3 is 20.8 Å². The fraction of sp³-hybridized carbons (Fsp3) is 0.538. The van der Waals surface area contributed by atoms with Crippen LogP contribution in [0.5, 0.6) is 0 Å². The number of nitrogens with two attached hydrogens (primary N) is 1. The van der Waals surface area contributed by atoms with Crippen molar-refractivity contribution in [3.05, 3.63) is 24.2 Å². The molecule has 0 aliphatic heterocycles. The SMILES string of the molecule is Cl.NC(CNC(=O)CCNC(=O)c1ccco1)C1CC1. The Kier molecular flexibility index (Phi) is 6.54. The van der Waals surface area contributed by atoms with E-state index in [9.17, 15) is 9.59 Å². The van der Waals surface area contributed by atoms with Crippen molar-refractivity contribution in [1.82, 2.24) is 10.6 Å². The molecule has 2 rings (SSSR count). The number of rotatable bonds is 7. The van der Waals surface area contributed by atoms with E-state index in [4.69, 9.17) is 10.2 Å². The van der Waals surface area contributed by atoms with Crippen molar-refractivity contribution in [2.45, 2.75) is 25.3 Å². The summed E-state index contributed by atoms with van der Waals surface area (Å²) < 4.78 is 4.94. The first-order chi connectivity index (χ1) is 9.16. The minimum Gasteiger partial charge on any atom is -0.459 e. The predicted molar refractivity (Wildman–Crippen MR) is 76.6 cm³/mol. The van der Waals surface area contributed by atoms with Crippen molar-refractivity contribution in [1.29, 1.82) is 0 Å². The lowest BCUT2D eigenvalue weighted by Gasteiger charge is -2.11. The average Bonchev–Trinajstić information content (AvgIpc) is 3.10. The van der Waals surface area contributed by atoms with Crippen LogP contribution in [0.4, 0.5) is 0 Å². The minimum absolute atomic E-state index is 0. The van der Waals surface area contributed by atoms with Crippen LogP contribution in [-0.4, -0.2) is 30.9 Å². The van der Waals surface area contributed by atoms with E-state index in [0.29, 0.717) is 12.5 Å². The van der Waals surface area contributed by atoms with Gasteiger partial charge in [-0.15, -0.1) is 12.4 Å². The minimum atomic E-state index is -0.313. The van der Waals surface area contributed by atoms with Crippen LogP contribution in [0.25, 0.3) is 0 Å². The Morgan fingerprint density at radius 1 is 1.40 bits per heavy atom. The highest BCUT2D eigenvalue weighted by Crippen LogP contribution is 2.31. The van der Waals surface area contributed by atoms with Gasteiger partial charge in [-0.1, -0.05) is 0 Å². The molecule has 1 fully saturated rings. The highest BCUT2D eigenvalue weighted by Gasteiger charge is 2.28. The Hall–Kier alpha value is -1.53. The number of hydrogen-bond acceptors (Lipinski definition) is 4. The maximum absolute atomic E-state index is 11.5. The summed E-state index contributed by atoms with van der Waals surface area (Å²) >= 11 is 0. The van der Waals surface area contributed by atoms with Gasteiger partial charge in [0, 0.05) is 25.6 Å². The number of halogens is 1. The molecule has 7 heteroatoms. The third-order valence-corrected chi connectivity index (χ3v) is 3.15. The highest BCUT2D eigenvalue weighted by atomic mass is 35.5. The van der Waals surface area contributed by atoms with Crippen molar-refractivity contribution in [2.75, 3.05) is 13.1 Å². The molecule has 112 valence electrons. The molecule has 0 saturated heterocycles. The summed E-state index contributed by atoms with van der Waals surface area (Å²) in [6.07, 6.45) is 4.00. The highest BCUT2D eigenvalue weighted by molar-refractivity contribution is 5.91. The summed E-state index contributed by atoms with van der Waals surface area (Å²) in [5, 5.41) is 5.39. The van der Waals surface area contributed by atoms with E-state index < -0.39 is 0 Å². The lowest BCUT2D eigenvalue weighted by Crippen LogP contribution is -2.39. The van der Waals surface area contributed by atoms with Crippen LogP contribution in [-0.2, 0) is 4.79 Å². The van der Waals surface area contributed by atoms with E-state index in [1.165, 1.54) is 6.26 Å². The number of nitrogens with one attached hydrogen (secondary N) is 2. The first kappa shape index (κ1) is 16.5. The molecular formula is C13H20ClN3O3. The monoisotopic (exact) mass is 301 g/mol. The molecule has 0 bridgehead atoms. The molecule has 1 aromatic heterocycles. The number of hydrogen-bond donors (Lipinski definition) is 3. The maximum Gasteiger partial charge on any atom is 0.286 e. The largest absolute Gasteiger partial charge is 0.459 e. The summed E-state index contributed by atoms with van der Waals surface area (Å²) in [7, 11) is 0. The van der Waals surface area contributed by atoms with Gasteiger partial charge in [0.15, 0.2) is 5.76 Å². The van der Waals surface area contributed by atoms with Crippen LogP contribution >= 0.6 is 12.4 Å². The second kappa shape index (κ2) is 7.91. The van der Waals surface area contributed by atoms with Crippen molar-refractivity contribution in [3.63, 3.8) is 0 Å². The second-order valence-corrected chi connectivity index (χ2v) is 4.79. The molecule has 4 N–H and O–H groups in total. The lowest BCUT2D eigenvalue weighted by atomic mass is 10.2. The zero-order valence-electron chi connectivity index (χ0n) is 11.1. The Morgan fingerprint density at radius 3 is 2.75 bits per heavy atom. The number of carbonyl (C=O) groups is 2. The Bertz CT molecular complexity index is 432.